The number of nitrogens with one attached hydrogen (secondary N) is 1. The van der Waals surface area contributed by atoms with Gasteiger partial charge in [0.2, 0.25) is 0 Å². The van der Waals surface area contributed by atoms with Gasteiger partial charge in [-0.05, 0) is 136 Å². The van der Waals surface area contributed by atoms with E-state index in [9.17, 15) is 23.5 Å². The van der Waals surface area contributed by atoms with Crippen molar-refractivity contribution in [3.8, 4) is 0 Å². The Hall–Kier alpha value is -1.33. The zero-order valence-electron chi connectivity index (χ0n) is 33.7. The number of hydrogen-bond donors (Lipinski definition) is 2. The normalized spacial score (nSPS) is 42.6. The number of carbonyl (C=O) groups excluding carboxylic acids is 1. The van der Waals surface area contributed by atoms with Crippen molar-refractivity contribution in [3.63, 3.8) is 0 Å². The lowest BCUT2D eigenvalue weighted by atomic mass is 9.32. The van der Waals surface area contributed by atoms with E-state index in [1.165, 1.54) is 54.8 Å². The first-order valence-corrected chi connectivity index (χ1v) is 21.6. The molecule has 6 rings (SSSR count). The predicted molar refractivity (Wildman–Crippen MR) is 205 cm³/mol. The zero-order chi connectivity index (χ0) is 38.1. The molecule has 0 aromatic carbocycles. The first kappa shape index (κ1) is 40.3. The Morgan fingerprint density at radius 3 is 2.25 bits per heavy atom. The SMILES string of the molecule is C=C(C)C1CCC2(CNCCN3CCN(S(=O)[O-])CC3)CCC3(C)C(CCC4C5(C)CCC(OC(=O)CC(C)(C)C(=O)O)C(C)(C)C5CCC43C)C12. The molecule has 0 bridgehead atoms. The van der Waals surface area contributed by atoms with E-state index in [1.807, 2.05) is 0 Å². The summed E-state index contributed by atoms with van der Waals surface area (Å²) in [5.41, 5.74) is 1.02. The Morgan fingerprint density at radius 1 is 0.923 bits per heavy atom. The van der Waals surface area contributed by atoms with Crippen LogP contribution in [-0.4, -0.2) is 86.9 Å². The molecule has 1 aliphatic heterocycles. The van der Waals surface area contributed by atoms with E-state index in [2.05, 4.69) is 58.3 Å². The van der Waals surface area contributed by atoms with E-state index in [0.29, 0.717) is 48.1 Å². The minimum absolute atomic E-state index is 0.106. The second-order valence-electron chi connectivity index (χ2n) is 20.4. The number of carboxylic acid groups (broad SMARTS) is 1. The highest BCUT2D eigenvalue weighted by atomic mass is 32.2. The van der Waals surface area contributed by atoms with Gasteiger partial charge in [0.25, 0.3) is 0 Å². The summed E-state index contributed by atoms with van der Waals surface area (Å²) in [5.74, 6) is 1.62. The second kappa shape index (κ2) is 14.3. The number of carbonyl (C=O) groups is 2. The number of ether oxygens (including phenoxy) is 1. The van der Waals surface area contributed by atoms with Crippen LogP contribution in [0.3, 0.4) is 0 Å². The topological polar surface area (TPSA) is 122 Å². The van der Waals surface area contributed by atoms with Gasteiger partial charge in [0.1, 0.15) is 6.10 Å². The van der Waals surface area contributed by atoms with Crippen LogP contribution < -0.4 is 5.32 Å². The van der Waals surface area contributed by atoms with Crippen LogP contribution in [0.25, 0.3) is 0 Å². The lowest BCUT2D eigenvalue weighted by molar-refractivity contribution is -0.250. The van der Waals surface area contributed by atoms with E-state index in [0.717, 1.165) is 52.0 Å². The van der Waals surface area contributed by atoms with Gasteiger partial charge in [0.05, 0.1) is 11.8 Å². The first-order chi connectivity index (χ1) is 24.2. The molecule has 0 radical (unpaired) electrons. The van der Waals surface area contributed by atoms with Crippen LogP contribution >= 0.6 is 0 Å². The van der Waals surface area contributed by atoms with Gasteiger partial charge in [-0.15, -0.1) is 0 Å². The monoisotopic (exact) mass is 744 g/mol. The molecule has 11 atom stereocenters. The molecule has 5 aliphatic carbocycles. The van der Waals surface area contributed by atoms with Crippen LogP contribution in [-0.2, 0) is 25.6 Å². The van der Waals surface area contributed by atoms with Gasteiger partial charge < -0.3 is 19.7 Å². The third-order valence-corrected chi connectivity index (χ3v) is 18.0. The molecule has 0 amide bonds. The second-order valence-corrected chi connectivity index (χ2v) is 21.4. The molecule has 9 nitrogen and oxygen atoms in total. The maximum absolute atomic E-state index is 13.1. The number of aliphatic carboxylic acids is 1. The number of piperazine rings is 1. The smallest absolute Gasteiger partial charge is 0.309 e. The standard InChI is InChI=1S/C42H71N3O6S/c1-28(2)29-12-17-42(27-43-20-21-44-22-24-45(25-23-44)52(49)50)19-18-40(8)30(35(29)42)10-11-32-39(7)15-14-33(51-34(46)26-37(3,4)36(47)48)38(5,6)31(39)13-16-41(32,40)9/h29-33,35,43H,1,10-27H2,2-9H3,(H,47,48)(H,49,50)/p-1. The predicted octanol–water partition coefficient (Wildman–Crippen LogP) is 7.06. The van der Waals surface area contributed by atoms with Gasteiger partial charge in [-0.25, -0.2) is 4.31 Å². The molecule has 1 saturated heterocycles. The van der Waals surface area contributed by atoms with Gasteiger partial charge in [0.15, 0.2) is 0 Å². The van der Waals surface area contributed by atoms with E-state index < -0.39 is 22.7 Å². The minimum Gasteiger partial charge on any atom is -0.760 e. The molecule has 11 unspecified atom stereocenters. The highest BCUT2D eigenvalue weighted by Gasteiger charge is 2.71. The number of fused-ring (bicyclic) bond motifs is 7. The van der Waals surface area contributed by atoms with Crippen molar-refractivity contribution < 1.29 is 28.2 Å². The number of allylic oxidation sites excluding steroid dienone is 1. The van der Waals surface area contributed by atoms with Crippen LogP contribution in [0, 0.1) is 62.1 Å². The highest BCUT2D eigenvalue weighted by Crippen LogP contribution is 2.77. The largest absolute Gasteiger partial charge is 0.760 e. The van der Waals surface area contributed by atoms with E-state index in [4.69, 9.17) is 4.74 Å². The van der Waals surface area contributed by atoms with Crippen molar-refractivity contribution in [2.75, 3.05) is 45.8 Å². The summed E-state index contributed by atoms with van der Waals surface area (Å²) >= 11 is -2.12. The van der Waals surface area contributed by atoms with Gasteiger partial charge in [-0.1, -0.05) is 46.8 Å². The lowest BCUT2D eigenvalue weighted by Gasteiger charge is -2.73. The maximum atomic E-state index is 13.1. The van der Waals surface area contributed by atoms with Crippen LogP contribution in [0.2, 0.25) is 0 Å². The summed E-state index contributed by atoms with van der Waals surface area (Å²) in [6.07, 6.45) is 11.6. The van der Waals surface area contributed by atoms with Gasteiger partial charge in [-0.2, -0.15) is 0 Å². The third kappa shape index (κ3) is 6.68. The third-order valence-electron chi connectivity index (χ3n) is 17.2. The molecule has 6 fully saturated rings. The number of carboxylic acids is 1. The Balaban J connectivity index is 1.16. The molecule has 10 heteroatoms. The molecule has 0 aromatic rings. The number of nitrogens with zero attached hydrogens (tertiary/aromatic N) is 2. The average Bonchev–Trinajstić information content (AvgIpc) is 3.45. The summed E-state index contributed by atoms with van der Waals surface area (Å²) < 4.78 is 30.4. The van der Waals surface area contributed by atoms with Crippen LogP contribution in [0.15, 0.2) is 12.2 Å². The Bertz CT molecular complexity index is 1410. The number of rotatable bonds is 11. The fourth-order valence-electron chi connectivity index (χ4n) is 14.1. The minimum atomic E-state index is -2.12. The number of esters is 1. The Morgan fingerprint density at radius 2 is 1.62 bits per heavy atom. The quantitative estimate of drug-likeness (QED) is 0.0999. The van der Waals surface area contributed by atoms with Gasteiger partial charge in [0, 0.05) is 62.5 Å². The van der Waals surface area contributed by atoms with Crippen molar-refractivity contribution in [1.82, 2.24) is 14.5 Å². The maximum Gasteiger partial charge on any atom is 0.309 e. The molecule has 0 aromatic heterocycles. The van der Waals surface area contributed by atoms with Crippen molar-refractivity contribution in [2.45, 2.75) is 132 Å². The van der Waals surface area contributed by atoms with Crippen LogP contribution in [0.5, 0.6) is 0 Å². The van der Waals surface area contributed by atoms with Crippen molar-refractivity contribution in [1.29, 1.82) is 0 Å². The highest BCUT2D eigenvalue weighted by molar-refractivity contribution is 7.76. The van der Waals surface area contributed by atoms with Crippen molar-refractivity contribution in [2.24, 2.45) is 62.1 Å². The van der Waals surface area contributed by atoms with Crippen molar-refractivity contribution in [3.05, 3.63) is 12.2 Å². The van der Waals surface area contributed by atoms with E-state index in [1.54, 1.807) is 13.8 Å². The molecule has 0 spiro atoms. The zero-order valence-corrected chi connectivity index (χ0v) is 34.5. The fourth-order valence-corrected chi connectivity index (χ4v) is 14.6. The Labute approximate surface area is 317 Å². The molecular formula is C42H70N3O6S-. The first-order valence-electron chi connectivity index (χ1n) is 20.6. The summed E-state index contributed by atoms with van der Waals surface area (Å²) in [6, 6.07) is 0. The molecule has 2 N–H and O–H groups in total. The average molecular weight is 745 g/mol. The fraction of sp³-hybridized carbons (Fsp3) is 0.905. The van der Waals surface area contributed by atoms with Crippen molar-refractivity contribution >= 4 is 23.2 Å². The molecule has 6 aliphatic rings. The molecular weight excluding hydrogens is 675 g/mol. The summed E-state index contributed by atoms with van der Waals surface area (Å²) in [7, 11) is 0. The molecule has 5 saturated carbocycles. The molecule has 52 heavy (non-hydrogen) atoms. The summed E-state index contributed by atoms with van der Waals surface area (Å²) in [6.45, 7) is 28.4. The lowest BCUT2D eigenvalue weighted by Crippen LogP contribution is -2.67. The molecule has 1 heterocycles. The van der Waals surface area contributed by atoms with Crippen LogP contribution in [0.4, 0.5) is 0 Å². The van der Waals surface area contributed by atoms with Gasteiger partial charge in [-0.3, -0.25) is 18.7 Å². The number of hydrogen-bond acceptors (Lipinski definition) is 7. The summed E-state index contributed by atoms with van der Waals surface area (Å²) in [4.78, 5) is 27.2. The Kier molecular flexibility index (Phi) is 11.1. The van der Waals surface area contributed by atoms with Gasteiger partial charge >= 0.3 is 11.9 Å². The van der Waals surface area contributed by atoms with Crippen LogP contribution in [0.1, 0.15) is 126 Å². The van der Waals surface area contributed by atoms with E-state index in [-0.39, 0.29) is 40.2 Å². The summed E-state index contributed by atoms with van der Waals surface area (Å²) in [5, 5.41) is 13.6. The molecule has 296 valence electrons. The van der Waals surface area contributed by atoms with E-state index >= 15 is 0 Å².